The van der Waals surface area contributed by atoms with Crippen LogP contribution < -0.4 is 5.43 Å². The summed E-state index contributed by atoms with van der Waals surface area (Å²) in [6.45, 7) is 0. The monoisotopic (exact) mass is 160 g/mol. The first-order valence-corrected chi connectivity index (χ1v) is 4.29. The first-order valence-electron chi connectivity index (χ1n) is 4.29. The Morgan fingerprint density at radius 2 is 2.00 bits per heavy atom. The fraction of sp³-hybridized carbons (Fsp3) is 0.300. The molecule has 0 heterocycles. The number of nitrogens with one attached hydrogen (secondary N) is 1. The van der Waals surface area contributed by atoms with Crippen LogP contribution in [0.1, 0.15) is 12.8 Å². The van der Waals surface area contributed by atoms with Gasteiger partial charge in [0.05, 0.1) is 5.69 Å². The molecule has 0 saturated heterocycles. The van der Waals surface area contributed by atoms with Gasteiger partial charge in [0.25, 0.3) is 0 Å². The van der Waals surface area contributed by atoms with Gasteiger partial charge in [-0.05, 0) is 30.9 Å². The van der Waals surface area contributed by atoms with Gasteiger partial charge in [-0.3, -0.25) is 5.43 Å². The highest BCUT2D eigenvalue weighted by molar-refractivity contribution is 5.65. The fourth-order valence-corrected chi connectivity index (χ4v) is 0.975. The molecule has 62 valence electrons. The van der Waals surface area contributed by atoms with E-state index in [-0.39, 0.29) is 0 Å². The number of hydrogen-bond donors (Lipinski definition) is 1. The van der Waals surface area contributed by atoms with E-state index in [4.69, 9.17) is 0 Å². The van der Waals surface area contributed by atoms with E-state index in [2.05, 4.69) is 10.5 Å². The molecule has 1 fully saturated rings. The van der Waals surface area contributed by atoms with Gasteiger partial charge in [-0.15, -0.1) is 0 Å². The Hall–Kier alpha value is -1.31. The molecule has 12 heavy (non-hydrogen) atoms. The minimum Gasteiger partial charge on any atom is -0.279 e. The van der Waals surface area contributed by atoms with Crippen LogP contribution >= 0.6 is 0 Å². The maximum atomic E-state index is 4.13. The summed E-state index contributed by atoms with van der Waals surface area (Å²) in [4.78, 5) is 0. The minimum atomic E-state index is 0.737. The number of benzene rings is 1. The number of para-hydroxylation sites is 1. The second-order valence-electron chi connectivity index (χ2n) is 3.09. The maximum absolute atomic E-state index is 4.13. The topological polar surface area (TPSA) is 24.4 Å². The van der Waals surface area contributed by atoms with Crippen LogP contribution in [0, 0.1) is 5.92 Å². The van der Waals surface area contributed by atoms with Gasteiger partial charge in [-0.25, -0.2) is 0 Å². The van der Waals surface area contributed by atoms with Crippen molar-refractivity contribution >= 4 is 11.9 Å². The number of hydrogen-bond acceptors (Lipinski definition) is 2. The molecule has 0 aliphatic heterocycles. The van der Waals surface area contributed by atoms with Gasteiger partial charge in [0.15, 0.2) is 0 Å². The molecule has 0 unspecified atom stereocenters. The number of rotatable bonds is 3. The van der Waals surface area contributed by atoms with Crippen molar-refractivity contribution < 1.29 is 0 Å². The average molecular weight is 160 g/mol. The lowest BCUT2D eigenvalue weighted by Gasteiger charge is -1.96. The third kappa shape index (κ3) is 2.09. The molecule has 1 N–H and O–H groups in total. The van der Waals surface area contributed by atoms with E-state index in [0.717, 1.165) is 11.6 Å². The molecule has 0 bridgehead atoms. The van der Waals surface area contributed by atoms with Gasteiger partial charge in [-0.1, -0.05) is 18.2 Å². The Morgan fingerprint density at radius 3 is 2.67 bits per heavy atom. The zero-order chi connectivity index (χ0) is 8.23. The summed E-state index contributed by atoms with van der Waals surface area (Å²) < 4.78 is 0. The Labute approximate surface area is 72.3 Å². The Bertz CT molecular complexity index is 262. The molecule has 0 amide bonds. The maximum Gasteiger partial charge on any atom is 0.0561 e. The predicted molar refractivity (Wildman–Crippen MR) is 51.3 cm³/mol. The second-order valence-corrected chi connectivity index (χ2v) is 3.09. The van der Waals surface area contributed by atoms with Crippen LogP contribution in [-0.4, -0.2) is 6.21 Å². The molecule has 2 heteroatoms. The molecule has 1 saturated carbocycles. The number of nitrogens with zero attached hydrogens (tertiary/aromatic N) is 1. The first-order chi connectivity index (χ1) is 5.95. The Kier molecular flexibility index (Phi) is 2.08. The van der Waals surface area contributed by atoms with Crippen LogP contribution in [0.2, 0.25) is 0 Å². The van der Waals surface area contributed by atoms with E-state index in [1.165, 1.54) is 12.8 Å². The molecule has 2 rings (SSSR count). The standard InChI is InChI=1S/C10H12N2/c1-2-4-10(5-3-1)12-11-8-9-6-7-9/h1-5,8-9,12H,6-7H2/b11-8+. The van der Waals surface area contributed by atoms with Crippen molar-refractivity contribution in [2.75, 3.05) is 5.43 Å². The number of anilines is 1. The van der Waals surface area contributed by atoms with E-state index in [9.17, 15) is 0 Å². The van der Waals surface area contributed by atoms with Crippen molar-refractivity contribution in [3.8, 4) is 0 Å². The van der Waals surface area contributed by atoms with E-state index < -0.39 is 0 Å². The third-order valence-corrected chi connectivity index (χ3v) is 1.87. The fourth-order valence-electron chi connectivity index (χ4n) is 0.975. The van der Waals surface area contributed by atoms with Crippen molar-refractivity contribution in [2.24, 2.45) is 11.0 Å². The summed E-state index contributed by atoms with van der Waals surface area (Å²) in [5, 5.41) is 4.13. The molecule has 0 atom stereocenters. The van der Waals surface area contributed by atoms with Crippen LogP contribution in [0.3, 0.4) is 0 Å². The molecule has 0 radical (unpaired) electrons. The number of hydrazone groups is 1. The van der Waals surface area contributed by atoms with Gasteiger partial charge in [0, 0.05) is 6.21 Å². The van der Waals surface area contributed by atoms with Crippen LogP contribution in [0.25, 0.3) is 0 Å². The molecule has 2 nitrogen and oxygen atoms in total. The first kappa shape index (κ1) is 7.35. The second kappa shape index (κ2) is 3.39. The molecule has 1 aromatic rings. The Morgan fingerprint density at radius 1 is 1.25 bits per heavy atom. The lowest BCUT2D eigenvalue weighted by molar-refractivity contribution is 1.20. The minimum absolute atomic E-state index is 0.737. The van der Waals surface area contributed by atoms with Gasteiger partial charge in [-0.2, -0.15) is 5.10 Å². The average Bonchev–Trinajstić information content (AvgIpc) is 2.90. The lowest BCUT2D eigenvalue weighted by Crippen LogP contribution is -1.88. The smallest absolute Gasteiger partial charge is 0.0561 e. The highest BCUT2D eigenvalue weighted by atomic mass is 15.3. The SMILES string of the molecule is C(=N\Nc1ccccc1)/C1CC1. The van der Waals surface area contributed by atoms with Crippen molar-refractivity contribution in [3.05, 3.63) is 30.3 Å². The molecule has 1 aliphatic carbocycles. The van der Waals surface area contributed by atoms with Gasteiger partial charge < -0.3 is 0 Å². The highest BCUT2D eigenvalue weighted by Crippen LogP contribution is 2.26. The molecule has 1 aromatic carbocycles. The molecular weight excluding hydrogens is 148 g/mol. The van der Waals surface area contributed by atoms with Crippen LogP contribution in [0.5, 0.6) is 0 Å². The van der Waals surface area contributed by atoms with E-state index in [0.29, 0.717) is 0 Å². The lowest BCUT2D eigenvalue weighted by atomic mass is 10.3. The summed E-state index contributed by atoms with van der Waals surface area (Å²) in [6, 6.07) is 9.99. The molecular formula is C10H12N2. The third-order valence-electron chi connectivity index (χ3n) is 1.87. The van der Waals surface area contributed by atoms with Gasteiger partial charge in [0.1, 0.15) is 0 Å². The van der Waals surface area contributed by atoms with Crippen molar-refractivity contribution in [3.63, 3.8) is 0 Å². The zero-order valence-corrected chi connectivity index (χ0v) is 6.90. The van der Waals surface area contributed by atoms with Crippen LogP contribution in [0.4, 0.5) is 5.69 Å². The summed E-state index contributed by atoms with van der Waals surface area (Å²) >= 11 is 0. The summed E-state index contributed by atoms with van der Waals surface area (Å²) in [6.07, 6.45) is 4.60. The quantitative estimate of drug-likeness (QED) is 0.533. The summed E-state index contributed by atoms with van der Waals surface area (Å²) in [5.74, 6) is 0.737. The van der Waals surface area contributed by atoms with E-state index >= 15 is 0 Å². The van der Waals surface area contributed by atoms with E-state index in [1.54, 1.807) is 0 Å². The van der Waals surface area contributed by atoms with Crippen LogP contribution in [-0.2, 0) is 0 Å². The Balaban J connectivity index is 1.86. The largest absolute Gasteiger partial charge is 0.279 e. The van der Waals surface area contributed by atoms with Crippen molar-refractivity contribution in [1.82, 2.24) is 0 Å². The molecule has 0 aromatic heterocycles. The van der Waals surface area contributed by atoms with Gasteiger partial charge in [0.2, 0.25) is 0 Å². The zero-order valence-electron chi connectivity index (χ0n) is 6.90. The van der Waals surface area contributed by atoms with Gasteiger partial charge >= 0.3 is 0 Å². The highest BCUT2D eigenvalue weighted by Gasteiger charge is 2.18. The van der Waals surface area contributed by atoms with Crippen LogP contribution in [0.15, 0.2) is 35.4 Å². The molecule has 0 spiro atoms. The van der Waals surface area contributed by atoms with Crippen molar-refractivity contribution in [2.45, 2.75) is 12.8 Å². The summed E-state index contributed by atoms with van der Waals surface area (Å²) in [7, 11) is 0. The van der Waals surface area contributed by atoms with Crippen molar-refractivity contribution in [1.29, 1.82) is 0 Å². The molecule has 1 aliphatic rings. The van der Waals surface area contributed by atoms with E-state index in [1.807, 2.05) is 36.5 Å². The predicted octanol–water partition coefficient (Wildman–Crippen LogP) is 2.49. The summed E-state index contributed by atoms with van der Waals surface area (Å²) in [5.41, 5.74) is 4.04. The normalized spacial score (nSPS) is 16.7.